The third kappa shape index (κ3) is 2.45. The van der Waals surface area contributed by atoms with Crippen molar-refractivity contribution in [2.75, 3.05) is 5.88 Å². The number of carbonyl (C=O) groups excluding carboxylic acids is 1. The minimum atomic E-state index is -1.02. The molecule has 1 aromatic heterocycles. The number of imidazole rings is 1. The third-order valence-electron chi connectivity index (χ3n) is 3.36. The fourth-order valence-corrected chi connectivity index (χ4v) is 2.23. The van der Waals surface area contributed by atoms with Gasteiger partial charge in [0.25, 0.3) is 0 Å². The molecule has 2 N–H and O–H groups in total. The summed E-state index contributed by atoms with van der Waals surface area (Å²) in [5, 5.41) is 9.29. The lowest BCUT2D eigenvalue weighted by molar-refractivity contribution is -0.155. The second-order valence-electron chi connectivity index (χ2n) is 5.34. The number of aromatic amines is 1. The summed E-state index contributed by atoms with van der Waals surface area (Å²) in [4.78, 5) is 32.2. The summed E-state index contributed by atoms with van der Waals surface area (Å²) in [6.45, 7) is 3.65. The zero-order valence-electron chi connectivity index (χ0n) is 10.8. The van der Waals surface area contributed by atoms with E-state index in [0.29, 0.717) is 5.69 Å². The molecular weight excluding hydrogens is 270 g/mol. The van der Waals surface area contributed by atoms with Crippen LogP contribution in [-0.4, -0.2) is 43.8 Å². The zero-order valence-corrected chi connectivity index (χ0v) is 11.6. The summed E-state index contributed by atoms with van der Waals surface area (Å²) < 4.78 is 0. The Morgan fingerprint density at radius 2 is 2.32 bits per heavy atom. The van der Waals surface area contributed by atoms with Crippen LogP contribution in [-0.2, 0) is 22.6 Å². The molecule has 7 heteroatoms. The van der Waals surface area contributed by atoms with Crippen molar-refractivity contribution >= 4 is 23.5 Å². The number of hydrogen-bond acceptors (Lipinski definition) is 3. The Morgan fingerprint density at radius 1 is 1.63 bits per heavy atom. The van der Waals surface area contributed by atoms with Crippen molar-refractivity contribution in [3.8, 4) is 0 Å². The van der Waals surface area contributed by atoms with E-state index in [0.717, 1.165) is 5.69 Å². The Kier molecular flexibility index (Phi) is 3.54. The van der Waals surface area contributed by atoms with Crippen LogP contribution in [0, 0.1) is 5.41 Å². The Labute approximate surface area is 115 Å². The minimum Gasteiger partial charge on any atom is -0.480 e. The first kappa shape index (κ1) is 13.9. The number of amides is 1. The van der Waals surface area contributed by atoms with Crippen LogP contribution >= 0.6 is 11.6 Å². The quantitative estimate of drug-likeness (QED) is 0.812. The molecule has 19 heavy (non-hydrogen) atoms. The Hall–Kier alpha value is -1.56. The van der Waals surface area contributed by atoms with Crippen molar-refractivity contribution in [1.29, 1.82) is 0 Å². The molecule has 2 heterocycles. The first-order valence-electron chi connectivity index (χ1n) is 5.98. The van der Waals surface area contributed by atoms with Gasteiger partial charge in [0.1, 0.15) is 6.04 Å². The average Bonchev–Trinajstić information content (AvgIpc) is 2.83. The monoisotopic (exact) mass is 285 g/mol. The van der Waals surface area contributed by atoms with Crippen LogP contribution in [0.3, 0.4) is 0 Å². The SMILES string of the molecule is CC(C)(CCl)C(=O)N1Cc2[nH]cnc2CC1C(=O)O. The number of alkyl halides is 1. The molecule has 1 amide bonds. The van der Waals surface area contributed by atoms with Gasteiger partial charge in [-0.2, -0.15) is 0 Å². The van der Waals surface area contributed by atoms with Crippen LogP contribution in [0.4, 0.5) is 0 Å². The van der Waals surface area contributed by atoms with E-state index >= 15 is 0 Å². The van der Waals surface area contributed by atoms with Gasteiger partial charge in [0.05, 0.1) is 29.7 Å². The molecule has 0 fully saturated rings. The number of carboxylic acid groups (broad SMARTS) is 1. The van der Waals surface area contributed by atoms with Crippen molar-refractivity contribution in [2.45, 2.75) is 32.9 Å². The molecule has 2 rings (SSSR count). The van der Waals surface area contributed by atoms with Gasteiger partial charge in [0.2, 0.25) is 5.91 Å². The number of halogens is 1. The lowest BCUT2D eigenvalue weighted by atomic mass is 9.91. The van der Waals surface area contributed by atoms with E-state index < -0.39 is 17.4 Å². The highest BCUT2D eigenvalue weighted by Crippen LogP contribution is 2.28. The lowest BCUT2D eigenvalue weighted by Gasteiger charge is -2.37. The van der Waals surface area contributed by atoms with Gasteiger partial charge in [0.15, 0.2) is 0 Å². The van der Waals surface area contributed by atoms with E-state index in [1.807, 2.05) is 0 Å². The second-order valence-corrected chi connectivity index (χ2v) is 5.60. The second kappa shape index (κ2) is 4.85. The first-order chi connectivity index (χ1) is 8.86. The van der Waals surface area contributed by atoms with Crippen LogP contribution in [0.2, 0.25) is 0 Å². The molecule has 0 saturated heterocycles. The minimum absolute atomic E-state index is 0.143. The van der Waals surface area contributed by atoms with E-state index in [1.54, 1.807) is 13.8 Å². The van der Waals surface area contributed by atoms with E-state index in [1.165, 1.54) is 11.2 Å². The number of carbonyl (C=O) groups is 2. The van der Waals surface area contributed by atoms with Gasteiger partial charge in [0, 0.05) is 12.3 Å². The number of H-pyrrole nitrogens is 1. The van der Waals surface area contributed by atoms with Gasteiger partial charge < -0.3 is 15.0 Å². The van der Waals surface area contributed by atoms with Crippen LogP contribution in [0.5, 0.6) is 0 Å². The lowest BCUT2D eigenvalue weighted by Crippen LogP contribution is -2.53. The van der Waals surface area contributed by atoms with Crippen molar-refractivity contribution < 1.29 is 14.7 Å². The molecule has 0 bridgehead atoms. The van der Waals surface area contributed by atoms with E-state index in [9.17, 15) is 14.7 Å². The van der Waals surface area contributed by atoms with Crippen molar-refractivity contribution in [2.24, 2.45) is 5.41 Å². The largest absolute Gasteiger partial charge is 0.480 e. The predicted octanol–water partition coefficient (Wildman–Crippen LogP) is 1.01. The third-order valence-corrected chi connectivity index (χ3v) is 4.03. The summed E-state index contributed by atoms with van der Waals surface area (Å²) in [6.07, 6.45) is 1.74. The molecule has 0 radical (unpaired) electrons. The van der Waals surface area contributed by atoms with Crippen LogP contribution in [0.1, 0.15) is 25.2 Å². The summed E-state index contributed by atoms with van der Waals surface area (Å²) in [5.41, 5.74) is 0.712. The standard InChI is InChI=1S/C12H16ClN3O3/c1-12(2,5-13)11(19)16-4-8-7(14-6-15-8)3-9(16)10(17)18/h6,9H,3-5H2,1-2H3,(H,14,15)(H,17,18). The number of nitrogens with one attached hydrogen (secondary N) is 1. The average molecular weight is 286 g/mol. The molecule has 104 valence electrons. The summed E-state index contributed by atoms with van der Waals surface area (Å²) in [6, 6.07) is -0.884. The number of nitrogens with zero attached hydrogens (tertiary/aromatic N) is 2. The molecule has 1 aliphatic heterocycles. The summed E-state index contributed by atoms with van der Waals surface area (Å²) in [7, 11) is 0. The van der Waals surface area contributed by atoms with Crippen LogP contribution in [0.25, 0.3) is 0 Å². The number of fused-ring (bicyclic) bond motifs is 1. The van der Waals surface area contributed by atoms with Crippen LogP contribution < -0.4 is 0 Å². The molecule has 6 nitrogen and oxygen atoms in total. The topological polar surface area (TPSA) is 86.3 Å². The highest BCUT2D eigenvalue weighted by atomic mass is 35.5. The Balaban J connectivity index is 2.33. The predicted molar refractivity (Wildman–Crippen MR) is 68.8 cm³/mol. The van der Waals surface area contributed by atoms with Gasteiger partial charge in [-0.1, -0.05) is 0 Å². The van der Waals surface area contributed by atoms with Crippen molar-refractivity contribution in [3.05, 3.63) is 17.7 Å². The normalized spacial score (nSPS) is 19.1. The fourth-order valence-electron chi connectivity index (χ4n) is 2.12. The van der Waals surface area contributed by atoms with E-state index in [4.69, 9.17) is 11.6 Å². The number of aliphatic carboxylic acids is 1. The molecule has 1 atom stereocenters. The molecule has 1 aromatic rings. The first-order valence-corrected chi connectivity index (χ1v) is 6.51. The highest BCUT2D eigenvalue weighted by Gasteiger charge is 2.41. The molecule has 1 unspecified atom stereocenters. The van der Waals surface area contributed by atoms with Crippen molar-refractivity contribution in [3.63, 3.8) is 0 Å². The number of hydrogen-bond donors (Lipinski definition) is 2. The van der Waals surface area contributed by atoms with Crippen molar-refractivity contribution in [1.82, 2.24) is 14.9 Å². The number of aromatic nitrogens is 2. The molecule has 0 aliphatic carbocycles. The molecule has 1 aliphatic rings. The van der Waals surface area contributed by atoms with Gasteiger partial charge in [-0.15, -0.1) is 11.6 Å². The molecular formula is C12H16ClN3O3. The Morgan fingerprint density at radius 3 is 2.89 bits per heavy atom. The fraction of sp³-hybridized carbons (Fsp3) is 0.583. The molecule has 0 aromatic carbocycles. The van der Waals surface area contributed by atoms with E-state index in [2.05, 4.69) is 9.97 Å². The van der Waals surface area contributed by atoms with Gasteiger partial charge in [-0.3, -0.25) is 4.79 Å². The smallest absolute Gasteiger partial charge is 0.326 e. The van der Waals surface area contributed by atoms with Crippen LogP contribution in [0.15, 0.2) is 6.33 Å². The van der Waals surface area contributed by atoms with E-state index in [-0.39, 0.29) is 24.8 Å². The molecule has 0 saturated carbocycles. The summed E-state index contributed by atoms with van der Waals surface area (Å²) >= 11 is 5.80. The maximum absolute atomic E-state index is 12.4. The number of rotatable bonds is 3. The number of carboxylic acids is 1. The maximum Gasteiger partial charge on any atom is 0.326 e. The maximum atomic E-state index is 12.4. The highest BCUT2D eigenvalue weighted by molar-refractivity contribution is 6.19. The van der Waals surface area contributed by atoms with Gasteiger partial charge >= 0.3 is 5.97 Å². The Bertz CT molecular complexity index is 512. The zero-order chi connectivity index (χ0) is 14.2. The molecule has 0 spiro atoms. The van der Waals surface area contributed by atoms with Gasteiger partial charge in [-0.25, -0.2) is 9.78 Å². The van der Waals surface area contributed by atoms with Gasteiger partial charge in [-0.05, 0) is 13.8 Å². The summed E-state index contributed by atoms with van der Waals surface area (Å²) in [5.74, 6) is -1.13.